The van der Waals surface area contributed by atoms with Crippen molar-refractivity contribution in [3.63, 3.8) is 0 Å². The van der Waals surface area contributed by atoms with E-state index < -0.39 is 6.10 Å². The number of hydrogen-bond acceptors (Lipinski definition) is 3. The maximum atomic E-state index is 12.6. The molecule has 1 unspecified atom stereocenters. The van der Waals surface area contributed by atoms with Gasteiger partial charge in [0.05, 0.1) is 7.11 Å². The number of amides is 1. The molecule has 4 heteroatoms. The van der Waals surface area contributed by atoms with E-state index in [9.17, 15) is 4.79 Å². The van der Waals surface area contributed by atoms with Crippen molar-refractivity contribution in [2.75, 3.05) is 19.1 Å². The van der Waals surface area contributed by atoms with Crippen LogP contribution in [-0.2, 0) is 4.79 Å². The molecule has 3 rings (SSSR count). The van der Waals surface area contributed by atoms with Crippen LogP contribution in [-0.4, -0.2) is 26.2 Å². The molecular weight excluding hydrogens is 314 g/mol. The summed E-state index contributed by atoms with van der Waals surface area (Å²) in [6.07, 6.45) is -0.590. The Morgan fingerprint density at radius 2 is 1.56 bits per heavy atom. The van der Waals surface area contributed by atoms with E-state index >= 15 is 0 Å². The Morgan fingerprint density at radius 3 is 2.24 bits per heavy atom. The standard InChI is InChI=1S/C21H21NO3/c1-15(21(23)22(2)18-7-5-4-6-8-18)25-20-12-10-16-9-11-19(24-3)13-17(16)14-20/h4-15H,1-3H3. The van der Waals surface area contributed by atoms with Crippen molar-refractivity contribution in [1.29, 1.82) is 0 Å². The lowest BCUT2D eigenvalue weighted by Gasteiger charge is -2.22. The molecule has 0 aliphatic carbocycles. The van der Waals surface area contributed by atoms with Crippen molar-refractivity contribution in [2.45, 2.75) is 13.0 Å². The van der Waals surface area contributed by atoms with Crippen LogP contribution in [0.1, 0.15) is 6.92 Å². The quantitative estimate of drug-likeness (QED) is 0.698. The highest BCUT2D eigenvalue weighted by molar-refractivity contribution is 5.96. The number of para-hydroxylation sites is 1. The van der Waals surface area contributed by atoms with E-state index in [2.05, 4.69) is 0 Å². The summed E-state index contributed by atoms with van der Waals surface area (Å²) in [6.45, 7) is 1.76. The molecular formula is C21H21NO3. The van der Waals surface area contributed by atoms with Gasteiger partial charge in [-0.3, -0.25) is 4.79 Å². The predicted molar refractivity (Wildman–Crippen MR) is 100 cm³/mol. The number of fused-ring (bicyclic) bond motifs is 1. The predicted octanol–water partition coefficient (Wildman–Crippen LogP) is 4.28. The van der Waals surface area contributed by atoms with E-state index in [4.69, 9.17) is 9.47 Å². The lowest BCUT2D eigenvalue weighted by atomic mass is 10.1. The Kier molecular flexibility index (Phi) is 4.89. The summed E-state index contributed by atoms with van der Waals surface area (Å²) in [5, 5.41) is 2.10. The van der Waals surface area contributed by atoms with Crippen LogP contribution in [0.4, 0.5) is 5.69 Å². The van der Waals surface area contributed by atoms with E-state index in [1.54, 1.807) is 26.0 Å². The van der Waals surface area contributed by atoms with Crippen LogP contribution in [0.3, 0.4) is 0 Å². The molecule has 0 saturated carbocycles. The van der Waals surface area contributed by atoms with Gasteiger partial charge in [0.25, 0.3) is 5.91 Å². The van der Waals surface area contributed by atoms with Crippen molar-refractivity contribution in [3.8, 4) is 11.5 Å². The number of likely N-dealkylation sites (N-methyl/N-ethyl adjacent to an activating group) is 1. The largest absolute Gasteiger partial charge is 0.497 e. The number of anilines is 1. The number of hydrogen-bond donors (Lipinski definition) is 0. The first-order chi connectivity index (χ1) is 12.1. The van der Waals surface area contributed by atoms with Crippen LogP contribution >= 0.6 is 0 Å². The number of methoxy groups -OCH3 is 1. The number of ether oxygens (including phenoxy) is 2. The zero-order valence-electron chi connectivity index (χ0n) is 14.6. The van der Waals surface area contributed by atoms with Crippen LogP contribution < -0.4 is 14.4 Å². The fourth-order valence-electron chi connectivity index (χ4n) is 2.71. The van der Waals surface area contributed by atoms with Crippen molar-refractivity contribution < 1.29 is 14.3 Å². The third-order valence-corrected chi connectivity index (χ3v) is 4.15. The zero-order chi connectivity index (χ0) is 17.8. The van der Waals surface area contributed by atoms with Crippen molar-refractivity contribution in [3.05, 3.63) is 66.7 Å². The molecule has 25 heavy (non-hydrogen) atoms. The Balaban J connectivity index is 1.76. The summed E-state index contributed by atoms with van der Waals surface area (Å²) < 4.78 is 11.1. The van der Waals surface area contributed by atoms with Gasteiger partial charge < -0.3 is 14.4 Å². The van der Waals surface area contributed by atoms with E-state index in [1.807, 2.05) is 66.7 Å². The van der Waals surface area contributed by atoms with Gasteiger partial charge in [0.2, 0.25) is 0 Å². The van der Waals surface area contributed by atoms with Gasteiger partial charge >= 0.3 is 0 Å². The van der Waals surface area contributed by atoms with Gasteiger partial charge in [-0.15, -0.1) is 0 Å². The molecule has 0 aromatic heterocycles. The maximum absolute atomic E-state index is 12.6. The van der Waals surface area contributed by atoms with Crippen molar-refractivity contribution in [2.24, 2.45) is 0 Å². The number of carbonyl (C=O) groups excluding carboxylic acids is 1. The number of benzene rings is 3. The van der Waals surface area contributed by atoms with Gasteiger partial charge in [-0.25, -0.2) is 0 Å². The molecule has 1 amide bonds. The molecule has 1 atom stereocenters. The Labute approximate surface area is 147 Å². The monoisotopic (exact) mass is 335 g/mol. The molecule has 0 radical (unpaired) electrons. The van der Waals surface area contributed by atoms with Gasteiger partial charge in [-0.05, 0) is 54.1 Å². The van der Waals surface area contributed by atoms with Crippen LogP contribution in [0.15, 0.2) is 66.7 Å². The molecule has 0 aliphatic heterocycles. The third-order valence-electron chi connectivity index (χ3n) is 4.15. The Bertz CT molecular complexity index is 877. The average molecular weight is 335 g/mol. The van der Waals surface area contributed by atoms with Crippen LogP contribution in [0.25, 0.3) is 10.8 Å². The summed E-state index contributed by atoms with van der Waals surface area (Å²) in [7, 11) is 3.39. The van der Waals surface area contributed by atoms with Gasteiger partial charge in [-0.1, -0.05) is 30.3 Å². The Morgan fingerprint density at radius 1 is 0.920 bits per heavy atom. The molecule has 0 spiro atoms. The lowest BCUT2D eigenvalue weighted by molar-refractivity contribution is -0.124. The van der Waals surface area contributed by atoms with Gasteiger partial charge in [0.1, 0.15) is 11.5 Å². The van der Waals surface area contributed by atoms with E-state index in [-0.39, 0.29) is 5.91 Å². The SMILES string of the molecule is COc1ccc2ccc(OC(C)C(=O)N(C)c3ccccc3)cc2c1. The second kappa shape index (κ2) is 7.26. The first-order valence-corrected chi connectivity index (χ1v) is 8.15. The number of carbonyl (C=O) groups is 1. The van der Waals surface area contributed by atoms with Crippen molar-refractivity contribution in [1.82, 2.24) is 0 Å². The first kappa shape index (κ1) is 16.8. The van der Waals surface area contributed by atoms with Gasteiger partial charge in [0, 0.05) is 12.7 Å². The second-order valence-electron chi connectivity index (χ2n) is 5.87. The molecule has 3 aromatic carbocycles. The minimum atomic E-state index is -0.590. The smallest absolute Gasteiger partial charge is 0.267 e. The normalized spacial score (nSPS) is 11.8. The molecule has 3 aromatic rings. The highest BCUT2D eigenvalue weighted by Gasteiger charge is 2.20. The van der Waals surface area contributed by atoms with E-state index in [1.165, 1.54) is 0 Å². The third kappa shape index (κ3) is 3.74. The molecule has 0 bridgehead atoms. The summed E-state index contributed by atoms with van der Waals surface area (Å²) in [4.78, 5) is 14.2. The van der Waals surface area contributed by atoms with E-state index in [0.717, 1.165) is 22.2 Å². The minimum Gasteiger partial charge on any atom is -0.497 e. The summed E-state index contributed by atoms with van der Waals surface area (Å²) in [5.41, 5.74) is 0.839. The fourth-order valence-corrected chi connectivity index (χ4v) is 2.71. The molecule has 4 nitrogen and oxygen atoms in total. The highest BCUT2D eigenvalue weighted by atomic mass is 16.5. The zero-order valence-corrected chi connectivity index (χ0v) is 14.6. The lowest BCUT2D eigenvalue weighted by Crippen LogP contribution is -2.37. The second-order valence-corrected chi connectivity index (χ2v) is 5.87. The molecule has 128 valence electrons. The minimum absolute atomic E-state index is 0.100. The van der Waals surface area contributed by atoms with Crippen LogP contribution in [0.5, 0.6) is 11.5 Å². The summed E-state index contributed by atoms with van der Waals surface area (Å²) in [6, 6.07) is 21.2. The molecule has 0 heterocycles. The fraction of sp³-hybridized carbons (Fsp3) is 0.190. The summed E-state index contributed by atoms with van der Waals surface area (Å²) in [5.74, 6) is 1.34. The number of nitrogens with zero attached hydrogens (tertiary/aromatic N) is 1. The topological polar surface area (TPSA) is 38.8 Å². The van der Waals surface area contributed by atoms with Crippen LogP contribution in [0.2, 0.25) is 0 Å². The van der Waals surface area contributed by atoms with Gasteiger partial charge in [-0.2, -0.15) is 0 Å². The Hall–Kier alpha value is -3.01. The number of rotatable bonds is 5. The molecule has 0 N–H and O–H groups in total. The highest BCUT2D eigenvalue weighted by Crippen LogP contribution is 2.26. The van der Waals surface area contributed by atoms with Crippen LogP contribution in [0, 0.1) is 0 Å². The first-order valence-electron chi connectivity index (χ1n) is 8.15. The molecule has 0 aliphatic rings. The molecule has 0 saturated heterocycles. The van der Waals surface area contributed by atoms with E-state index in [0.29, 0.717) is 5.75 Å². The maximum Gasteiger partial charge on any atom is 0.267 e. The van der Waals surface area contributed by atoms with Gasteiger partial charge in [0.15, 0.2) is 6.10 Å². The summed E-state index contributed by atoms with van der Waals surface area (Å²) >= 11 is 0. The molecule has 0 fully saturated rings. The average Bonchev–Trinajstić information content (AvgIpc) is 2.66. The van der Waals surface area contributed by atoms with Crippen molar-refractivity contribution >= 4 is 22.4 Å².